The average molecular weight is 444 g/mol. The largest absolute Gasteiger partial charge is 0.336 e. The molecule has 3 heterocycles. The second-order valence-corrected chi connectivity index (χ2v) is 9.26. The van der Waals surface area contributed by atoms with Crippen molar-refractivity contribution in [2.45, 2.75) is 72.4 Å². The number of pyridine rings is 1. The van der Waals surface area contributed by atoms with Crippen molar-refractivity contribution >= 4 is 41.8 Å². The quantitative estimate of drug-likeness (QED) is 0.767. The minimum Gasteiger partial charge on any atom is -0.336 e. The summed E-state index contributed by atoms with van der Waals surface area (Å²) >= 11 is 0. The molecule has 0 aromatic carbocycles. The van der Waals surface area contributed by atoms with Crippen molar-refractivity contribution in [3.05, 3.63) is 23.0 Å². The third-order valence-electron chi connectivity index (χ3n) is 5.55. The van der Waals surface area contributed by atoms with Gasteiger partial charge in [-0.25, -0.2) is 9.67 Å². The lowest BCUT2D eigenvalue weighted by molar-refractivity contribution is 0.0745. The standard InChI is InChI=1S/C21H33N5O.2ClH/c1-12(2)17-9-16(20(27)25-11-15(10-22)8-13(25)3)18-14(4)24-26(19(18)23-17)21(5,6)7;;/h9,12-13,15H,8,10-11,22H2,1-7H3;2*1H. The minimum atomic E-state index is -0.207. The fraction of sp³-hybridized carbons (Fsp3) is 0.667. The highest BCUT2D eigenvalue weighted by molar-refractivity contribution is 6.06. The van der Waals surface area contributed by atoms with Crippen LogP contribution in [0.4, 0.5) is 0 Å². The van der Waals surface area contributed by atoms with E-state index in [0.29, 0.717) is 12.5 Å². The Morgan fingerprint density at radius 3 is 2.41 bits per heavy atom. The molecule has 1 saturated heterocycles. The van der Waals surface area contributed by atoms with Gasteiger partial charge in [-0.1, -0.05) is 13.8 Å². The number of likely N-dealkylation sites (tertiary alicyclic amines) is 1. The summed E-state index contributed by atoms with van der Waals surface area (Å²) in [5, 5.41) is 5.62. The highest BCUT2D eigenvalue weighted by atomic mass is 35.5. The number of nitrogens with zero attached hydrogens (tertiary/aromatic N) is 4. The lowest BCUT2D eigenvalue weighted by Crippen LogP contribution is -2.34. The van der Waals surface area contributed by atoms with Gasteiger partial charge in [-0.2, -0.15) is 5.10 Å². The van der Waals surface area contributed by atoms with E-state index in [4.69, 9.17) is 15.8 Å². The van der Waals surface area contributed by atoms with Gasteiger partial charge in [0, 0.05) is 18.3 Å². The van der Waals surface area contributed by atoms with Crippen LogP contribution in [-0.4, -0.2) is 44.7 Å². The van der Waals surface area contributed by atoms with E-state index in [1.807, 2.05) is 22.6 Å². The molecule has 1 aliphatic heterocycles. The number of hydrogen-bond acceptors (Lipinski definition) is 4. The second kappa shape index (κ2) is 9.19. The Morgan fingerprint density at radius 1 is 1.31 bits per heavy atom. The van der Waals surface area contributed by atoms with E-state index in [2.05, 4.69) is 41.5 Å². The highest BCUT2D eigenvalue weighted by Crippen LogP contribution is 2.32. The van der Waals surface area contributed by atoms with Gasteiger partial charge in [0.05, 0.1) is 22.2 Å². The van der Waals surface area contributed by atoms with Crippen LogP contribution in [0.25, 0.3) is 11.0 Å². The molecule has 2 atom stereocenters. The Bertz CT molecular complexity index is 872. The first-order valence-electron chi connectivity index (χ1n) is 9.96. The number of halogens is 2. The van der Waals surface area contributed by atoms with Crippen molar-refractivity contribution in [1.29, 1.82) is 0 Å². The summed E-state index contributed by atoms with van der Waals surface area (Å²) in [5.74, 6) is 0.686. The third kappa shape index (κ3) is 4.70. The van der Waals surface area contributed by atoms with Gasteiger partial charge in [-0.3, -0.25) is 4.79 Å². The maximum Gasteiger partial charge on any atom is 0.254 e. The van der Waals surface area contributed by atoms with Crippen molar-refractivity contribution in [1.82, 2.24) is 19.7 Å². The zero-order valence-corrected chi connectivity index (χ0v) is 20.2. The number of fused-ring (bicyclic) bond motifs is 1. The lowest BCUT2D eigenvalue weighted by Gasteiger charge is -2.23. The van der Waals surface area contributed by atoms with Gasteiger partial charge in [0.15, 0.2) is 5.65 Å². The van der Waals surface area contributed by atoms with E-state index in [9.17, 15) is 4.79 Å². The van der Waals surface area contributed by atoms with Crippen LogP contribution >= 0.6 is 24.8 Å². The summed E-state index contributed by atoms with van der Waals surface area (Å²) in [7, 11) is 0. The fourth-order valence-electron chi connectivity index (χ4n) is 3.99. The molecular weight excluding hydrogens is 409 g/mol. The molecule has 0 saturated carbocycles. The Labute approximate surface area is 186 Å². The molecule has 1 amide bonds. The number of carbonyl (C=O) groups is 1. The Morgan fingerprint density at radius 2 is 1.93 bits per heavy atom. The van der Waals surface area contributed by atoms with Crippen molar-refractivity contribution in [2.75, 3.05) is 13.1 Å². The Balaban J connectivity index is 0.00000210. The van der Waals surface area contributed by atoms with Gasteiger partial charge >= 0.3 is 0 Å². The first-order chi connectivity index (χ1) is 12.5. The Hall–Kier alpha value is -1.37. The van der Waals surface area contributed by atoms with Gasteiger partial charge < -0.3 is 10.6 Å². The molecule has 3 rings (SSSR count). The van der Waals surface area contributed by atoms with Gasteiger partial charge in [0.25, 0.3) is 5.91 Å². The van der Waals surface area contributed by atoms with E-state index in [0.717, 1.165) is 41.0 Å². The van der Waals surface area contributed by atoms with Crippen molar-refractivity contribution < 1.29 is 4.79 Å². The minimum absolute atomic E-state index is 0. The molecule has 29 heavy (non-hydrogen) atoms. The maximum atomic E-state index is 13.5. The zero-order chi connectivity index (χ0) is 20.1. The monoisotopic (exact) mass is 443 g/mol. The molecule has 0 bridgehead atoms. The van der Waals surface area contributed by atoms with Crippen LogP contribution in [0, 0.1) is 12.8 Å². The molecule has 1 aliphatic rings. The van der Waals surface area contributed by atoms with E-state index in [1.54, 1.807) is 0 Å². The van der Waals surface area contributed by atoms with Crippen molar-refractivity contribution in [3.63, 3.8) is 0 Å². The number of aryl methyl sites for hydroxylation is 1. The first kappa shape index (κ1) is 25.7. The topological polar surface area (TPSA) is 77.0 Å². The normalized spacial score (nSPS) is 19.4. The van der Waals surface area contributed by atoms with E-state index < -0.39 is 0 Å². The van der Waals surface area contributed by atoms with E-state index in [-0.39, 0.29) is 48.2 Å². The number of amides is 1. The van der Waals surface area contributed by atoms with Gasteiger partial charge in [0.1, 0.15) is 0 Å². The number of carbonyl (C=O) groups excluding carboxylic acids is 1. The summed E-state index contributed by atoms with van der Waals surface area (Å²) in [4.78, 5) is 20.4. The molecule has 0 radical (unpaired) electrons. The van der Waals surface area contributed by atoms with E-state index >= 15 is 0 Å². The molecule has 8 heteroatoms. The summed E-state index contributed by atoms with van der Waals surface area (Å²) < 4.78 is 1.95. The molecule has 2 aromatic heterocycles. The lowest BCUT2D eigenvalue weighted by atomic mass is 10.0. The van der Waals surface area contributed by atoms with Crippen LogP contribution in [0.5, 0.6) is 0 Å². The van der Waals surface area contributed by atoms with Crippen LogP contribution < -0.4 is 5.73 Å². The average Bonchev–Trinajstić information content (AvgIpc) is 3.13. The molecular formula is C21H35Cl2N5O. The summed E-state index contributed by atoms with van der Waals surface area (Å²) in [6, 6.07) is 2.18. The predicted molar refractivity (Wildman–Crippen MR) is 124 cm³/mol. The smallest absolute Gasteiger partial charge is 0.254 e. The molecule has 6 nitrogen and oxygen atoms in total. The van der Waals surface area contributed by atoms with E-state index in [1.165, 1.54) is 0 Å². The van der Waals surface area contributed by atoms with Gasteiger partial charge in [-0.15, -0.1) is 24.8 Å². The van der Waals surface area contributed by atoms with Crippen LogP contribution in [0.15, 0.2) is 6.07 Å². The molecule has 1 fully saturated rings. The number of rotatable bonds is 3. The third-order valence-corrected chi connectivity index (χ3v) is 5.55. The summed E-state index contributed by atoms with van der Waals surface area (Å²) in [6.45, 7) is 16.0. The van der Waals surface area contributed by atoms with Gasteiger partial charge in [-0.05, 0) is 65.5 Å². The first-order valence-corrected chi connectivity index (χ1v) is 9.96. The van der Waals surface area contributed by atoms with Crippen LogP contribution in [-0.2, 0) is 5.54 Å². The van der Waals surface area contributed by atoms with Gasteiger partial charge in [0.2, 0.25) is 0 Å². The maximum absolute atomic E-state index is 13.5. The van der Waals surface area contributed by atoms with Crippen LogP contribution in [0.2, 0.25) is 0 Å². The molecule has 164 valence electrons. The number of aromatic nitrogens is 3. The summed E-state index contributed by atoms with van der Waals surface area (Å²) in [6.07, 6.45) is 0.966. The summed E-state index contributed by atoms with van der Waals surface area (Å²) in [5.41, 5.74) is 8.97. The van der Waals surface area contributed by atoms with Crippen LogP contribution in [0.1, 0.15) is 75.6 Å². The number of hydrogen-bond donors (Lipinski definition) is 1. The van der Waals surface area contributed by atoms with Crippen molar-refractivity contribution in [2.24, 2.45) is 11.7 Å². The fourth-order valence-corrected chi connectivity index (χ4v) is 3.99. The molecule has 2 unspecified atom stereocenters. The highest BCUT2D eigenvalue weighted by Gasteiger charge is 2.34. The zero-order valence-electron chi connectivity index (χ0n) is 18.5. The Kier molecular flexibility index (Phi) is 8.13. The molecule has 2 aromatic rings. The molecule has 0 aliphatic carbocycles. The van der Waals surface area contributed by atoms with Crippen LogP contribution in [0.3, 0.4) is 0 Å². The van der Waals surface area contributed by atoms with Crippen molar-refractivity contribution in [3.8, 4) is 0 Å². The number of nitrogens with two attached hydrogens (primary N) is 1. The SMILES string of the molecule is Cc1nn(C(C)(C)C)c2nc(C(C)C)cc(C(=O)N3CC(CN)CC3C)c12.Cl.Cl. The molecule has 0 spiro atoms. The molecule has 2 N–H and O–H groups in total. The second-order valence-electron chi connectivity index (χ2n) is 9.26. The predicted octanol–water partition coefficient (Wildman–Crippen LogP) is 4.27.